The lowest BCUT2D eigenvalue weighted by molar-refractivity contribution is -0.275. The van der Waals surface area contributed by atoms with Crippen LogP contribution in [0, 0.1) is 11.3 Å². The van der Waals surface area contributed by atoms with E-state index < -0.39 is 24.1 Å². The third kappa shape index (κ3) is 3.41. The van der Waals surface area contributed by atoms with E-state index >= 15 is 0 Å². The number of nitrogens with zero attached hydrogens (tertiary/aromatic N) is 1. The van der Waals surface area contributed by atoms with E-state index in [0.717, 1.165) is 13.2 Å². The number of pyridine rings is 1. The summed E-state index contributed by atoms with van der Waals surface area (Å²) in [6.45, 7) is 0. The number of nitriles is 1. The first-order valence-corrected chi connectivity index (χ1v) is 4.30. The molecule has 1 heterocycles. The second-order valence-corrected chi connectivity index (χ2v) is 2.89. The van der Waals surface area contributed by atoms with E-state index in [9.17, 15) is 18.0 Å². The Bertz CT molecular complexity index is 502. The quantitative estimate of drug-likeness (QED) is 0.875. The van der Waals surface area contributed by atoms with E-state index in [-0.39, 0.29) is 11.4 Å². The standard InChI is InChI=1S/C9H7F3N2O3/c1-16-6-4-7(15)14-5(2-3-13)8(6)17-9(10,11)12/h4H,2H2,1H3,(H,14,15). The van der Waals surface area contributed by atoms with Crippen LogP contribution >= 0.6 is 0 Å². The summed E-state index contributed by atoms with van der Waals surface area (Å²) in [5, 5.41) is 8.45. The van der Waals surface area contributed by atoms with E-state index in [1.807, 2.05) is 0 Å². The van der Waals surface area contributed by atoms with E-state index in [4.69, 9.17) is 5.26 Å². The van der Waals surface area contributed by atoms with Gasteiger partial charge in [0.05, 0.1) is 25.3 Å². The largest absolute Gasteiger partial charge is 0.573 e. The molecule has 0 bridgehead atoms. The first kappa shape index (κ1) is 12.9. The lowest BCUT2D eigenvalue weighted by Crippen LogP contribution is -2.21. The predicted octanol–water partition coefficient (Wildman–Crippen LogP) is 1.35. The topological polar surface area (TPSA) is 75.1 Å². The van der Waals surface area contributed by atoms with Crippen molar-refractivity contribution >= 4 is 0 Å². The average Bonchev–Trinajstić information content (AvgIpc) is 2.20. The molecule has 0 aliphatic heterocycles. The summed E-state index contributed by atoms with van der Waals surface area (Å²) in [5.74, 6) is -1.09. The van der Waals surface area contributed by atoms with Crippen LogP contribution in [0.4, 0.5) is 13.2 Å². The molecular formula is C9H7F3N2O3. The third-order valence-electron chi connectivity index (χ3n) is 1.73. The third-order valence-corrected chi connectivity index (χ3v) is 1.73. The Balaban J connectivity index is 3.32. The van der Waals surface area contributed by atoms with Crippen molar-refractivity contribution in [3.05, 3.63) is 22.1 Å². The van der Waals surface area contributed by atoms with Gasteiger partial charge in [-0.2, -0.15) is 5.26 Å². The maximum atomic E-state index is 12.1. The summed E-state index contributed by atoms with van der Waals surface area (Å²) in [7, 11) is 1.09. The van der Waals surface area contributed by atoms with Crippen LogP contribution in [0.25, 0.3) is 0 Å². The molecule has 1 aromatic rings. The lowest BCUT2D eigenvalue weighted by Gasteiger charge is -2.14. The fraction of sp³-hybridized carbons (Fsp3) is 0.333. The average molecular weight is 248 g/mol. The van der Waals surface area contributed by atoms with Crippen LogP contribution in [-0.4, -0.2) is 18.5 Å². The normalized spacial score (nSPS) is 10.8. The van der Waals surface area contributed by atoms with Crippen LogP contribution in [0.5, 0.6) is 11.5 Å². The summed E-state index contributed by atoms with van der Waals surface area (Å²) in [6.07, 6.45) is -5.37. The number of rotatable bonds is 3. The van der Waals surface area contributed by atoms with Crippen LogP contribution in [-0.2, 0) is 6.42 Å². The van der Waals surface area contributed by atoms with Gasteiger partial charge in [0, 0.05) is 6.07 Å². The van der Waals surface area contributed by atoms with Gasteiger partial charge in [-0.15, -0.1) is 13.2 Å². The van der Waals surface area contributed by atoms with E-state index in [1.165, 1.54) is 0 Å². The molecule has 0 saturated carbocycles. The van der Waals surface area contributed by atoms with E-state index in [1.54, 1.807) is 6.07 Å². The number of nitrogens with one attached hydrogen (secondary N) is 1. The number of methoxy groups -OCH3 is 1. The zero-order chi connectivity index (χ0) is 13.1. The maximum absolute atomic E-state index is 12.1. The Labute approximate surface area is 93.4 Å². The fourth-order valence-corrected chi connectivity index (χ4v) is 1.16. The SMILES string of the molecule is COc1cc(=O)[nH]c(CC#N)c1OC(F)(F)F. The first-order valence-electron chi connectivity index (χ1n) is 4.30. The van der Waals surface area contributed by atoms with Crippen LogP contribution in [0.1, 0.15) is 5.69 Å². The molecule has 0 amide bonds. The fourth-order valence-electron chi connectivity index (χ4n) is 1.16. The lowest BCUT2D eigenvalue weighted by atomic mass is 10.2. The van der Waals surface area contributed by atoms with Crippen molar-refractivity contribution in [2.45, 2.75) is 12.8 Å². The molecule has 92 valence electrons. The molecule has 0 aliphatic rings. The second kappa shape index (κ2) is 4.78. The van der Waals surface area contributed by atoms with Crippen LogP contribution in [0.2, 0.25) is 0 Å². The van der Waals surface area contributed by atoms with Crippen molar-refractivity contribution in [1.82, 2.24) is 4.98 Å². The van der Waals surface area contributed by atoms with Gasteiger partial charge in [-0.25, -0.2) is 0 Å². The summed E-state index contributed by atoms with van der Waals surface area (Å²) in [6, 6.07) is 2.42. The number of hydrogen-bond donors (Lipinski definition) is 1. The van der Waals surface area contributed by atoms with Gasteiger partial charge >= 0.3 is 6.36 Å². The van der Waals surface area contributed by atoms with Gasteiger partial charge < -0.3 is 14.5 Å². The highest BCUT2D eigenvalue weighted by Crippen LogP contribution is 2.33. The van der Waals surface area contributed by atoms with Gasteiger partial charge in [-0.1, -0.05) is 0 Å². The Morgan fingerprint density at radius 2 is 2.18 bits per heavy atom. The molecule has 1 rings (SSSR count). The van der Waals surface area contributed by atoms with Crippen LogP contribution < -0.4 is 15.0 Å². The molecule has 0 unspecified atom stereocenters. The summed E-state index contributed by atoms with van der Waals surface area (Å²) >= 11 is 0. The number of halogens is 3. The van der Waals surface area contributed by atoms with Gasteiger partial charge in [0.2, 0.25) is 0 Å². The van der Waals surface area contributed by atoms with Crippen molar-refractivity contribution in [1.29, 1.82) is 5.26 Å². The Hall–Kier alpha value is -2.17. The summed E-state index contributed by atoms with van der Waals surface area (Å²) < 4.78 is 44.7. The molecule has 0 fully saturated rings. The molecule has 0 spiro atoms. The van der Waals surface area contributed by atoms with Crippen molar-refractivity contribution in [2.75, 3.05) is 7.11 Å². The molecule has 1 N–H and O–H groups in total. The maximum Gasteiger partial charge on any atom is 0.573 e. The Morgan fingerprint density at radius 1 is 1.53 bits per heavy atom. The van der Waals surface area contributed by atoms with Crippen molar-refractivity contribution in [2.24, 2.45) is 0 Å². The highest BCUT2D eigenvalue weighted by Gasteiger charge is 2.34. The highest BCUT2D eigenvalue weighted by molar-refractivity contribution is 5.43. The molecule has 17 heavy (non-hydrogen) atoms. The molecule has 0 radical (unpaired) electrons. The van der Waals surface area contributed by atoms with Crippen molar-refractivity contribution in [3.63, 3.8) is 0 Å². The van der Waals surface area contributed by atoms with E-state index in [2.05, 4.69) is 14.5 Å². The van der Waals surface area contributed by atoms with Crippen LogP contribution in [0.3, 0.4) is 0 Å². The second-order valence-electron chi connectivity index (χ2n) is 2.89. The number of aromatic amines is 1. The number of ether oxygens (including phenoxy) is 2. The molecule has 8 heteroatoms. The van der Waals surface area contributed by atoms with Crippen molar-refractivity contribution in [3.8, 4) is 17.6 Å². The molecular weight excluding hydrogens is 241 g/mol. The minimum absolute atomic E-state index is 0.283. The van der Waals surface area contributed by atoms with Crippen LogP contribution in [0.15, 0.2) is 10.9 Å². The molecule has 0 atom stereocenters. The van der Waals surface area contributed by atoms with Gasteiger partial charge in [0.25, 0.3) is 5.56 Å². The number of alkyl halides is 3. The van der Waals surface area contributed by atoms with Gasteiger partial charge in [-0.3, -0.25) is 4.79 Å². The predicted molar refractivity (Wildman–Crippen MR) is 49.6 cm³/mol. The Morgan fingerprint density at radius 3 is 2.65 bits per heavy atom. The van der Waals surface area contributed by atoms with Crippen molar-refractivity contribution < 1.29 is 22.6 Å². The minimum atomic E-state index is -4.93. The highest BCUT2D eigenvalue weighted by atomic mass is 19.4. The summed E-state index contributed by atoms with van der Waals surface area (Å²) in [5.41, 5.74) is -0.962. The number of hydrogen-bond acceptors (Lipinski definition) is 4. The van der Waals surface area contributed by atoms with E-state index in [0.29, 0.717) is 0 Å². The monoisotopic (exact) mass is 248 g/mol. The molecule has 0 saturated heterocycles. The van der Waals surface area contributed by atoms with Gasteiger partial charge in [-0.05, 0) is 0 Å². The molecule has 1 aromatic heterocycles. The number of aromatic nitrogens is 1. The van der Waals surface area contributed by atoms with Gasteiger partial charge in [0.15, 0.2) is 11.5 Å². The zero-order valence-corrected chi connectivity index (χ0v) is 8.59. The molecule has 0 aromatic carbocycles. The molecule has 0 aliphatic carbocycles. The Kier molecular flexibility index (Phi) is 3.62. The first-order chi connectivity index (χ1) is 7.87. The summed E-state index contributed by atoms with van der Waals surface area (Å²) in [4.78, 5) is 13.2. The number of H-pyrrole nitrogens is 1. The smallest absolute Gasteiger partial charge is 0.493 e. The van der Waals surface area contributed by atoms with Gasteiger partial charge in [0.1, 0.15) is 0 Å². The minimum Gasteiger partial charge on any atom is -0.493 e. The molecule has 5 nitrogen and oxygen atoms in total. The zero-order valence-electron chi connectivity index (χ0n) is 8.59.